The molecule has 0 aliphatic heterocycles. The summed E-state index contributed by atoms with van der Waals surface area (Å²) in [7, 11) is 0. The molecule has 1 N–H and O–H groups in total. The van der Waals surface area contributed by atoms with Crippen LogP contribution >= 0.6 is 22.7 Å². The number of anilines is 1. The third kappa shape index (κ3) is 2.74. The number of aryl methyl sites for hydroxylation is 1. The molecule has 3 aromatic heterocycles. The molecular weight excluding hydrogens is 338 g/mol. The number of benzene rings is 1. The molecule has 1 aromatic carbocycles. The molecule has 3 heterocycles. The standard InChI is InChI=1S/C18H15N3OS2/c1-2-21-8-7-12-10-13(5-6-14(12)21)20-17(22)16-11-19-18(24-16)15-4-3-9-23-15/h3-11H,2H2,1H3,(H,20,22). The molecule has 0 aliphatic rings. The van der Waals surface area contributed by atoms with E-state index in [9.17, 15) is 4.79 Å². The predicted octanol–water partition coefficient (Wildman–Crippen LogP) is 5.10. The fourth-order valence-corrected chi connectivity index (χ4v) is 4.25. The van der Waals surface area contributed by atoms with Gasteiger partial charge in [0.15, 0.2) is 0 Å². The average Bonchev–Trinajstić information content (AvgIpc) is 3.33. The molecule has 0 atom stereocenters. The smallest absolute Gasteiger partial charge is 0.267 e. The highest BCUT2D eigenvalue weighted by Gasteiger charge is 2.13. The fourth-order valence-electron chi connectivity index (χ4n) is 2.64. The van der Waals surface area contributed by atoms with Crippen molar-refractivity contribution >= 4 is 45.2 Å². The van der Waals surface area contributed by atoms with E-state index in [4.69, 9.17) is 0 Å². The second-order valence-corrected chi connectivity index (χ2v) is 7.31. The number of nitrogens with one attached hydrogen (secondary N) is 1. The number of carbonyl (C=O) groups is 1. The molecule has 120 valence electrons. The predicted molar refractivity (Wildman–Crippen MR) is 101 cm³/mol. The van der Waals surface area contributed by atoms with E-state index in [1.54, 1.807) is 17.5 Å². The maximum Gasteiger partial charge on any atom is 0.267 e. The van der Waals surface area contributed by atoms with E-state index in [0.717, 1.165) is 27.5 Å². The number of hydrogen-bond donors (Lipinski definition) is 1. The quantitative estimate of drug-likeness (QED) is 0.555. The average molecular weight is 353 g/mol. The van der Waals surface area contributed by atoms with Crippen molar-refractivity contribution in [3.05, 3.63) is 59.0 Å². The minimum atomic E-state index is -0.121. The van der Waals surface area contributed by atoms with Gasteiger partial charge in [0.05, 0.1) is 11.1 Å². The maximum atomic E-state index is 12.5. The highest BCUT2D eigenvalue weighted by molar-refractivity contribution is 7.22. The Hall–Kier alpha value is -2.44. The fraction of sp³-hybridized carbons (Fsp3) is 0.111. The minimum Gasteiger partial charge on any atom is -0.348 e. The molecule has 4 nitrogen and oxygen atoms in total. The summed E-state index contributed by atoms with van der Waals surface area (Å²) in [6.45, 7) is 3.05. The molecular formula is C18H15N3OS2. The summed E-state index contributed by atoms with van der Waals surface area (Å²) in [4.78, 5) is 18.5. The van der Waals surface area contributed by atoms with Gasteiger partial charge in [0, 0.05) is 29.3 Å². The molecule has 6 heteroatoms. The Morgan fingerprint density at radius 2 is 2.21 bits per heavy atom. The zero-order chi connectivity index (χ0) is 16.5. The summed E-state index contributed by atoms with van der Waals surface area (Å²) in [6.07, 6.45) is 3.70. The van der Waals surface area contributed by atoms with Gasteiger partial charge in [-0.2, -0.15) is 0 Å². The molecule has 0 spiro atoms. The molecule has 0 saturated heterocycles. The summed E-state index contributed by atoms with van der Waals surface area (Å²) in [5.74, 6) is -0.121. The van der Waals surface area contributed by atoms with Gasteiger partial charge in [0.2, 0.25) is 0 Å². The minimum absolute atomic E-state index is 0.121. The SMILES string of the molecule is CCn1ccc2cc(NC(=O)c3cnc(-c4cccs4)s3)ccc21. The number of aromatic nitrogens is 2. The first-order valence-corrected chi connectivity index (χ1v) is 9.34. The molecule has 1 amide bonds. The molecule has 0 fully saturated rings. The highest BCUT2D eigenvalue weighted by Crippen LogP contribution is 2.29. The van der Waals surface area contributed by atoms with Crippen LogP contribution in [-0.4, -0.2) is 15.5 Å². The first-order chi connectivity index (χ1) is 11.7. The van der Waals surface area contributed by atoms with Gasteiger partial charge in [-0.15, -0.1) is 22.7 Å². The van der Waals surface area contributed by atoms with Gasteiger partial charge >= 0.3 is 0 Å². The largest absolute Gasteiger partial charge is 0.348 e. The Bertz CT molecular complexity index is 999. The third-order valence-corrected chi connectivity index (χ3v) is 5.87. The van der Waals surface area contributed by atoms with Crippen LogP contribution in [0, 0.1) is 0 Å². The van der Waals surface area contributed by atoms with Gasteiger partial charge in [-0.05, 0) is 42.6 Å². The Morgan fingerprint density at radius 3 is 3.00 bits per heavy atom. The van der Waals surface area contributed by atoms with Crippen LogP contribution in [0.4, 0.5) is 5.69 Å². The number of rotatable bonds is 4. The molecule has 0 unspecified atom stereocenters. The van der Waals surface area contributed by atoms with Crippen molar-refractivity contribution in [2.75, 3.05) is 5.32 Å². The number of nitrogens with zero attached hydrogens (tertiary/aromatic N) is 2. The van der Waals surface area contributed by atoms with E-state index in [0.29, 0.717) is 4.88 Å². The van der Waals surface area contributed by atoms with Crippen molar-refractivity contribution < 1.29 is 4.79 Å². The van der Waals surface area contributed by atoms with E-state index in [1.807, 2.05) is 35.7 Å². The van der Waals surface area contributed by atoms with E-state index < -0.39 is 0 Å². The van der Waals surface area contributed by atoms with Crippen LogP contribution in [0.25, 0.3) is 20.8 Å². The van der Waals surface area contributed by atoms with Crippen molar-refractivity contribution in [3.8, 4) is 9.88 Å². The van der Waals surface area contributed by atoms with Gasteiger partial charge in [-0.1, -0.05) is 6.07 Å². The van der Waals surface area contributed by atoms with Crippen molar-refractivity contribution in [1.82, 2.24) is 9.55 Å². The Kier molecular flexibility index (Phi) is 3.92. The highest BCUT2D eigenvalue weighted by atomic mass is 32.1. The maximum absolute atomic E-state index is 12.5. The molecule has 0 aliphatic carbocycles. The summed E-state index contributed by atoms with van der Waals surface area (Å²) >= 11 is 3.04. The Labute approximate surface area is 147 Å². The summed E-state index contributed by atoms with van der Waals surface area (Å²) in [5.41, 5.74) is 1.97. The van der Waals surface area contributed by atoms with E-state index in [-0.39, 0.29) is 5.91 Å². The van der Waals surface area contributed by atoms with Crippen LogP contribution < -0.4 is 5.32 Å². The number of thiazole rings is 1. The van der Waals surface area contributed by atoms with Gasteiger partial charge in [-0.3, -0.25) is 4.79 Å². The molecule has 4 aromatic rings. The number of hydrogen-bond acceptors (Lipinski definition) is 4. The molecule has 0 radical (unpaired) electrons. The van der Waals surface area contributed by atoms with Gasteiger partial charge in [0.25, 0.3) is 5.91 Å². The molecule has 24 heavy (non-hydrogen) atoms. The number of amides is 1. The van der Waals surface area contributed by atoms with Crippen molar-refractivity contribution in [2.45, 2.75) is 13.5 Å². The van der Waals surface area contributed by atoms with Crippen LogP contribution in [0.5, 0.6) is 0 Å². The summed E-state index contributed by atoms with van der Waals surface area (Å²) in [5, 5.41) is 6.97. The lowest BCUT2D eigenvalue weighted by Gasteiger charge is -2.05. The van der Waals surface area contributed by atoms with Gasteiger partial charge < -0.3 is 9.88 Å². The lowest BCUT2D eigenvalue weighted by atomic mass is 10.2. The number of fused-ring (bicyclic) bond motifs is 1. The van der Waals surface area contributed by atoms with Crippen LogP contribution in [0.2, 0.25) is 0 Å². The Balaban J connectivity index is 1.55. The van der Waals surface area contributed by atoms with E-state index in [2.05, 4.69) is 34.1 Å². The topological polar surface area (TPSA) is 46.9 Å². The lowest BCUT2D eigenvalue weighted by molar-refractivity contribution is 0.103. The van der Waals surface area contributed by atoms with Crippen molar-refractivity contribution in [1.29, 1.82) is 0 Å². The van der Waals surface area contributed by atoms with Crippen LogP contribution in [0.15, 0.2) is 54.2 Å². The van der Waals surface area contributed by atoms with Gasteiger partial charge in [-0.25, -0.2) is 4.98 Å². The zero-order valence-corrected chi connectivity index (χ0v) is 14.7. The normalized spacial score (nSPS) is 11.0. The first kappa shape index (κ1) is 15.1. The zero-order valence-electron chi connectivity index (χ0n) is 13.0. The summed E-state index contributed by atoms with van der Waals surface area (Å²) in [6, 6.07) is 12.0. The molecule has 0 bridgehead atoms. The van der Waals surface area contributed by atoms with Crippen LogP contribution in [-0.2, 0) is 6.54 Å². The van der Waals surface area contributed by atoms with E-state index >= 15 is 0 Å². The first-order valence-electron chi connectivity index (χ1n) is 7.64. The van der Waals surface area contributed by atoms with Crippen molar-refractivity contribution in [3.63, 3.8) is 0 Å². The van der Waals surface area contributed by atoms with E-state index in [1.165, 1.54) is 16.9 Å². The molecule has 4 rings (SSSR count). The number of carbonyl (C=O) groups excluding carboxylic acids is 1. The molecule has 0 saturated carbocycles. The third-order valence-electron chi connectivity index (χ3n) is 3.83. The lowest BCUT2D eigenvalue weighted by Crippen LogP contribution is -2.09. The van der Waals surface area contributed by atoms with Crippen LogP contribution in [0.3, 0.4) is 0 Å². The summed E-state index contributed by atoms with van der Waals surface area (Å²) < 4.78 is 2.18. The Morgan fingerprint density at radius 1 is 1.29 bits per heavy atom. The second-order valence-electron chi connectivity index (χ2n) is 5.34. The van der Waals surface area contributed by atoms with Crippen molar-refractivity contribution in [2.24, 2.45) is 0 Å². The second kappa shape index (κ2) is 6.22. The van der Waals surface area contributed by atoms with Crippen LogP contribution in [0.1, 0.15) is 16.6 Å². The monoisotopic (exact) mass is 353 g/mol. The number of thiophene rings is 1. The van der Waals surface area contributed by atoms with Gasteiger partial charge in [0.1, 0.15) is 9.88 Å².